The molecule has 4 rings (SSSR count). The van der Waals surface area contributed by atoms with Gasteiger partial charge in [-0.05, 0) is 55.2 Å². The maximum absolute atomic E-state index is 9.81. The molecule has 1 aliphatic rings. The minimum atomic E-state index is -0.509. The second-order valence-electron chi connectivity index (χ2n) is 7.58. The van der Waals surface area contributed by atoms with E-state index in [0.29, 0.717) is 0 Å². The molecule has 3 heteroatoms. The van der Waals surface area contributed by atoms with Gasteiger partial charge in [0, 0.05) is 6.07 Å². The van der Waals surface area contributed by atoms with Crippen molar-refractivity contribution in [3.63, 3.8) is 0 Å². The number of phenols is 1. The summed E-state index contributed by atoms with van der Waals surface area (Å²) in [5.41, 5.74) is 2.57. The van der Waals surface area contributed by atoms with Crippen molar-refractivity contribution in [2.75, 3.05) is 7.11 Å². The third-order valence-electron chi connectivity index (χ3n) is 5.75. The molecular formula is C24H24O3. The topological polar surface area (TPSA) is 38.7 Å². The number of ether oxygens (including phenoxy) is 2. The van der Waals surface area contributed by atoms with E-state index in [0.717, 1.165) is 29.0 Å². The number of aromatic hydroxyl groups is 1. The van der Waals surface area contributed by atoms with Crippen LogP contribution in [0.4, 0.5) is 0 Å². The van der Waals surface area contributed by atoms with Gasteiger partial charge >= 0.3 is 0 Å². The summed E-state index contributed by atoms with van der Waals surface area (Å²) in [6.45, 7) is 4.27. The third-order valence-corrected chi connectivity index (χ3v) is 5.75. The van der Waals surface area contributed by atoms with E-state index in [-0.39, 0.29) is 11.2 Å². The van der Waals surface area contributed by atoms with Gasteiger partial charge in [-0.3, -0.25) is 0 Å². The van der Waals surface area contributed by atoms with Gasteiger partial charge in [0.2, 0.25) is 0 Å². The summed E-state index contributed by atoms with van der Waals surface area (Å²) < 4.78 is 11.9. The van der Waals surface area contributed by atoms with Crippen LogP contribution >= 0.6 is 0 Å². The lowest BCUT2D eigenvalue weighted by atomic mass is 9.60. The SMILES string of the molecule is COc1ccc2c(c1)OC(C)(C)C(c1ccccc1)(c1ccc(O)cc1)C2. The third kappa shape index (κ3) is 2.74. The Balaban J connectivity index is 1.96. The maximum Gasteiger partial charge on any atom is 0.127 e. The minimum absolute atomic E-state index is 0.265. The molecule has 0 fully saturated rings. The van der Waals surface area contributed by atoms with Gasteiger partial charge in [-0.15, -0.1) is 0 Å². The first-order valence-corrected chi connectivity index (χ1v) is 9.17. The van der Waals surface area contributed by atoms with E-state index in [9.17, 15) is 5.11 Å². The lowest BCUT2D eigenvalue weighted by Gasteiger charge is -2.51. The number of benzene rings is 3. The van der Waals surface area contributed by atoms with Crippen molar-refractivity contribution in [2.24, 2.45) is 0 Å². The fraction of sp³-hybridized carbons (Fsp3) is 0.250. The summed E-state index contributed by atoms with van der Waals surface area (Å²) in [6, 6.07) is 24.0. The Bertz CT molecular complexity index is 945. The molecule has 1 N–H and O–H groups in total. The first kappa shape index (κ1) is 17.5. The van der Waals surface area contributed by atoms with Crippen LogP contribution in [0.15, 0.2) is 72.8 Å². The molecule has 1 heterocycles. The Labute approximate surface area is 160 Å². The molecule has 3 aromatic carbocycles. The molecule has 0 aromatic heterocycles. The molecule has 1 atom stereocenters. The van der Waals surface area contributed by atoms with Gasteiger partial charge in [0.15, 0.2) is 0 Å². The van der Waals surface area contributed by atoms with Crippen molar-refractivity contribution in [1.29, 1.82) is 0 Å². The van der Waals surface area contributed by atoms with Gasteiger partial charge < -0.3 is 14.6 Å². The van der Waals surface area contributed by atoms with Crippen molar-refractivity contribution in [1.82, 2.24) is 0 Å². The van der Waals surface area contributed by atoms with Crippen LogP contribution in [-0.4, -0.2) is 17.8 Å². The van der Waals surface area contributed by atoms with E-state index >= 15 is 0 Å². The van der Waals surface area contributed by atoms with Crippen LogP contribution in [0.25, 0.3) is 0 Å². The number of rotatable bonds is 3. The van der Waals surface area contributed by atoms with Crippen molar-refractivity contribution < 1.29 is 14.6 Å². The van der Waals surface area contributed by atoms with Gasteiger partial charge in [0.05, 0.1) is 12.5 Å². The predicted octanol–water partition coefficient (Wildman–Crippen LogP) is 5.10. The van der Waals surface area contributed by atoms with Crippen LogP contribution in [0.2, 0.25) is 0 Å². The van der Waals surface area contributed by atoms with Crippen LogP contribution in [0.3, 0.4) is 0 Å². The first-order chi connectivity index (χ1) is 13.0. The van der Waals surface area contributed by atoms with Gasteiger partial charge in [-0.25, -0.2) is 0 Å². The average molecular weight is 360 g/mol. The molecule has 138 valence electrons. The molecule has 1 unspecified atom stereocenters. The number of hydrogen-bond donors (Lipinski definition) is 1. The number of hydrogen-bond acceptors (Lipinski definition) is 3. The lowest BCUT2D eigenvalue weighted by Crippen LogP contribution is -2.56. The minimum Gasteiger partial charge on any atom is -0.508 e. The van der Waals surface area contributed by atoms with E-state index in [1.165, 1.54) is 5.56 Å². The van der Waals surface area contributed by atoms with Crippen LogP contribution in [0.1, 0.15) is 30.5 Å². The molecule has 3 nitrogen and oxygen atoms in total. The van der Waals surface area contributed by atoms with Crippen molar-refractivity contribution in [2.45, 2.75) is 31.3 Å². The van der Waals surface area contributed by atoms with E-state index in [4.69, 9.17) is 9.47 Å². The van der Waals surface area contributed by atoms with Crippen molar-refractivity contribution in [3.05, 3.63) is 89.5 Å². The van der Waals surface area contributed by atoms with E-state index in [1.54, 1.807) is 19.2 Å². The van der Waals surface area contributed by atoms with Gasteiger partial charge in [-0.1, -0.05) is 48.5 Å². The van der Waals surface area contributed by atoms with Crippen molar-refractivity contribution >= 4 is 0 Å². The molecule has 0 bridgehead atoms. The summed E-state index contributed by atoms with van der Waals surface area (Å²) in [4.78, 5) is 0. The molecule has 0 spiro atoms. The van der Waals surface area contributed by atoms with E-state index in [1.807, 2.05) is 30.3 Å². The molecule has 3 aromatic rings. The molecular weight excluding hydrogens is 336 g/mol. The Morgan fingerprint density at radius 2 is 1.56 bits per heavy atom. The highest BCUT2D eigenvalue weighted by Gasteiger charge is 2.52. The van der Waals surface area contributed by atoms with E-state index < -0.39 is 5.60 Å². The quantitative estimate of drug-likeness (QED) is 0.706. The van der Waals surface area contributed by atoms with Crippen molar-refractivity contribution in [3.8, 4) is 17.2 Å². The normalized spacial score (nSPS) is 20.4. The maximum atomic E-state index is 9.81. The Morgan fingerprint density at radius 3 is 2.22 bits per heavy atom. The fourth-order valence-corrected chi connectivity index (χ4v) is 4.30. The number of methoxy groups -OCH3 is 1. The standard InChI is InChI=1S/C24H24O3/c1-23(2)24(18-7-5-4-6-8-18,19-10-12-20(25)13-11-19)16-17-9-14-21(26-3)15-22(17)27-23/h4-15,25H,16H2,1-3H3. The molecule has 0 radical (unpaired) electrons. The Morgan fingerprint density at radius 1 is 0.889 bits per heavy atom. The monoisotopic (exact) mass is 360 g/mol. The summed E-state index contributed by atoms with van der Waals surface area (Å²) in [5.74, 6) is 1.92. The Kier molecular flexibility index (Phi) is 4.11. The second kappa shape index (κ2) is 6.34. The number of fused-ring (bicyclic) bond motifs is 1. The molecule has 27 heavy (non-hydrogen) atoms. The summed E-state index contributed by atoms with van der Waals surface area (Å²) >= 11 is 0. The van der Waals surface area contributed by atoms with Crippen LogP contribution in [0.5, 0.6) is 17.2 Å². The summed E-state index contributed by atoms with van der Waals surface area (Å²) in [6.07, 6.45) is 0.800. The highest BCUT2D eigenvalue weighted by atomic mass is 16.5. The van der Waals surface area contributed by atoms with Crippen LogP contribution < -0.4 is 9.47 Å². The largest absolute Gasteiger partial charge is 0.508 e. The van der Waals surface area contributed by atoms with Crippen LogP contribution in [-0.2, 0) is 11.8 Å². The first-order valence-electron chi connectivity index (χ1n) is 9.17. The van der Waals surface area contributed by atoms with Gasteiger partial charge in [-0.2, -0.15) is 0 Å². The van der Waals surface area contributed by atoms with Gasteiger partial charge in [0.25, 0.3) is 0 Å². The number of phenolic OH excluding ortho intramolecular Hbond substituents is 1. The second-order valence-corrected chi connectivity index (χ2v) is 7.58. The lowest BCUT2D eigenvalue weighted by molar-refractivity contribution is 0.0207. The zero-order valence-corrected chi connectivity index (χ0v) is 15.9. The van der Waals surface area contributed by atoms with Gasteiger partial charge in [0.1, 0.15) is 22.8 Å². The molecule has 0 amide bonds. The molecule has 1 aliphatic heterocycles. The highest BCUT2D eigenvalue weighted by Crippen LogP contribution is 2.51. The molecule has 0 saturated carbocycles. The zero-order chi connectivity index (χ0) is 19.1. The van der Waals surface area contributed by atoms with E-state index in [2.05, 4.69) is 44.2 Å². The molecule has 0 saturated heterocycles. The Hall–Kier alpha value is -2.94. The molecule has 0 aliphatic carbocycles. The summed E-state index contributed by atoms with van der Waals surface area (Å²) in [5, 5.41) is 9.81. The average Bonchev–Trinajstić information content (AvgIpc) is 2.68. The van der Waals surface area contributed by atoms with Crippen LogP contribution in [0, 0.1) is 0 Å². The fourth-order valence-electron chi connectivity index (χ4n) is 4.30. The zero-order valence-electron chi connectivity index (χ0n) is 15.9. The highest BCUT2D eigenvalue weighted by molar-refractivity contribution is 5.53. The smallest absolute Gasteiger partial charge is 0.127 e. The summed E-state index contributed by atoms with van der Waals surface area (Å²) in [7, 11) is 1.67. The predicted molar refractivity (Wildman–Crippen MR) is 107 cm³/mol.